The third kappa shape index (κ3) is 8.62. The smallest absolute Gasteiger partial charge is 0.412 e. The molecule has 0 bridgehead atoms. The number of nitrogens with one attached hydrogen (secondary N) is 1. The summed E-state index contributed by atoms with van der Waals surface area (Å²) >= 11 is 24.0. The Bertz CT molecular complexity index is 937. The predicted octanol–water partition coefficient (Wildman–Crippen LogP) is 7.22. The molecule has 166 valence electrons. The van der Waals surface area contributed by atoms with E-state index >= 15 is 0 Å². The van der Waals surface area contributed by atoms with E-state index in [0.717, 1.165) is 0 Å². The number of rotatable bonds is 8. The van der Waals surface area contributed by atoms with Gasteiger partial charge in [0, 0.05) is 25.8 Å². The molecule has 0 aromatic heterocycles. The monoisotopic (exact) mass is 503 g/mol. The van der Waals surface area contributed by atoms with E-state index < -0.39 is 18.2 Å². The third-order valence-corrected chi connectivity index (χ3v) is 4.70. The summed E-state index contributed by atoms with van der Waals surface area (Å²) in [5.41, 5.74) is 1.31. The lowest BCUT2D eigenvalue weighted by molar-refractivity contribution is -0.152. The maximum absolute atomic E-state index is 12.6. The average molecular weight is 505 g/mol. The Morgan fingerprint density at radius 1 is 0.935 bits per heavy atom. The first-order valence-corrected chi connectivity index (χ1v) is 10.8. The van der Waals surface area contributed by atoms with E-state index in [1.54, 1.807) is 18.2 Å². The number of amides is 1. The van der Waals surface area contributed by atoms with Gasteiger partial charge in [-0.2, -0.15) is 0 Å². The Balaban J connectivity index is 2.17. The molecule has 2 aromatic rings. The number of ether oxygens (including phenoxy) is 2. The zero-order valence-electron chi connectivity index (χ0n) is 16.9. The molecule has 0 fully saturated rings. The van der Waals surface area contributed by atoms with Crippen LogP contribution < -0.4 is 5.32 Å². The van der Waals surface area contributed by atoms with E-state index in [4.69, 9.17) is 55.9 Å². The fourth-order valence-corrected chi connectivity index (χ4v) is 3.67. The lowest BCUT2D eigenvalue weighted by atomic mass is 10.0. The van der Waals surface area contributed by atoms with Crippen LogP contribution in [0.3, 0.4) is 0 Å². The number of anilines is 1. The highest BCUT2D eigenvalue weighted by Crippen LogP contribution is 2.24. The topological polar surface area (TPSA) is 64.6 Å². The van der Waals surface area contributed by atoms with Crippen molar-refractivity contribution in [2.75, 3.05) is 11.9 Å². The van der Waals surface area contributed by atoms with Crippen molar-refractivity contribution >= 4 is 64.2 Å². The maximum Gasteiger partial charge on any atom is 0.412 e. The van der Waals surface area contributed by atoms with Gasteiger partial charge in [0.2, 0.25) is 6.10 Å². The van der Waals surface area contributed by atoms with Crippen LogP contribution in [0, 0.1) is 5.92 Å². The summed E-state index contributed by atoms with van der Waals surface area (Å²) in [5, 5.41) is 4.02. The van der Waals surface area contributed by atoms with Crippen LogP contribution in [-0.4, -0.2) is 24.8 Å². The number of hydrogen-bond donors (Lipinski definition) is 1. The molecule has 0 aliphatic rings. The molecule has 1 N–H and O–H groups in total. The van der Waals surface area contributed by atoms with Gasteiger partial charge in [-0.25, -0.2) is 9.59 Å². The van der Waals surface area contributed by atoms with Gasteiger partial charge in [-0.3, -0.25) is 5.32 Å². The normalized spacial score (nSPS) is 11.7. The van der Waals surface area contributed by atoms with Crippen molar-refractivity contribution in [1.82, 2.24) is 0 Å². The first kappa shape index (κ1) is 25.3. The van der Waals surface area contributed by atoms with Gasteiger partial charge in [0.25, 0.3) is 0 Å². The average Bonchev–Trinajstić information content (AvgIpc) is 2.62. The molecule has 0 heterocycles. The van der Waals surface area contributed by atoms with Crippen molar-refractivity contribution in [3.05, 3.63) is 74.2 Å². The van der Waals surface area contributed by atoms with E-state index in [2.05, 4.69) is 11.9 Å². The molecule has 1 unspecified atom stereocenters. The minimum Gasteiger partial charge on any atom is -0.462 e. The molecule has 0 aliphatic heterocycles. The third-order valence-electron chi connectivity index (χ3n) is 3.83. The summed E-state index contributed by atoms with van der Waals surface area (Å²) < 4.78 is 10.6. The van der Waals surface area contributed by atoms with Crippen molar-refractivity contribution in [2.24, 2.45) is 5.92 Å². The molecule has 2 aromatic carbocycles. The largest absolute Gasteiger partial charge is 0.462 e. The van der Waals surface area contributed by atoms with Gasteiger partial charge in [0.15, 0.2) is 0 Å². The quantitative estimate of drug-likeness (QED) is 0.304. The van der Waals surface area contributed by atoms with Crippen molar-refractivity contribution in [3.8, 4) is 0 Å². The second kappa shape index (κ2) is 11.6. The highest BCUT2D eigenvalue weighted by molar-refractivity contribution is 6.35. The summed E-state index contributed by atoms with van der Waals surface area (Å²) in [6.45, 7) is 7.86. The number of esters is 1. The lowest BCUT2D eigenvalue weighted by Gasteiger charge is -2.20. The zero-order valence-corrected chi connectivity index (χ0v) is 19.9. The van der Waals surface area contributed by atoms with E-state index in [1.165, 1.54) is 18.2 Å². The number of benzene rings is 2. The summed E-state index contributed by atoms with van der Waals surface area (Å²) in [6, 6.07) is 9.45. The minimum absolute atomic E-state index is 0.104. The van der Waals surface area contributed by atoms with Crippen LogP contribution in [-0.2, 0) is 20.7 Å². The Hall–Kier alpha value is -1.92. The van der Waals surface area contributed by atoms with Crippen molar-refractivity contribution in [2.45, 2.75) is 26.4 Å². The first-order valence-electron chi connectivity index (χ1n) is 9.26. The SMILES string of the molecule is C=C(Cc1cc(Cl)cc(Cl)c1)C(OC(=O)Nc1cc(Cl)cc(Cl)c1)C(=O)OCC(C)C. The fraction of sp³-hybridized carbons (Fsp3) is 0.273. The van der Waals surface area contributed by atoms with Crippen molar-refractivity contribution < 1.29 is 19.1 Å². The predicted molar refractivity (Wildman–Crippen MR) is 125 cm³/mol. The van der Waals surface area contributed by atoms with Gasteiger partial charge in [0.05, 0.1) is 6.61 Å². The maximum atomic E-state index is 12.6. The summed E-state index contributed by atoms with van der Waals surface area (Å²) in [7, 11) is 0. The van der Waals surface area contributed by atoms with Crippen LogP contribution in [0.15, 0.2) is 48.6 Å². The number of carbonyl (C=O) groups excluding carboxylic acids is 2. The van der Waals surface area contributed by atoms with E-state index in [9.17, 15) is 9.59 Å². The summed E-state index contributed by atoms with van der Waals surface area (Å²) in [4.78, 5) is 25.1. The van der Waals surface area contributed by atoms with Crippen LogP contribution in [0.4, 0.5) is 10.5 Å². The number of carbonyl (C=O) groups is 2. The molecule has 0 aliphatic carbocycles. The molecule has 5 nitrogen and oxygen atoms in total. The summed E-state index contributed by atoms with van der Waals surface area (Å²) in [6.07, 6.45) is -2.04. The Kier molecular flexibility index (Phi) is 9.51. The van der Waals surface area contributed by atoms with Gasteiger partial charge in [-0.1, -0.05) is 66.8 Å². The second-order valence-electron chi connectivity index (χ2n) is 7.21. The number of halogens is 4. The van der Waals surface area contributed by atoms with Crippen LogP contribution >= 0.6 is 46.4 Å². The molecule has 9 heteroatoms. The molecule has 0 saturated carbocycles. The van der Waals surface area contributed by atoms with Crippen LogP contribution in [0.1, 0.15) is 19.4 Å². The van der Waals surface area contributed by atoms with E-state index in [1.807, 2.05) is 13.8 Å². The van der Waals surface area contributed by atoms with Gasteiger partial charge in [-0.05, 0) is 59.9 Å². The van der Waals surface area contributed by atoms with Crippen LogP contribution in [0.2, 0.25) is 20.1 Å². The standard InChI is InChI=1S/C22H21Cl4NO4/c1-12(2)11-30-21(28)20(13(3)4-14-5-15(23)7-16(24)6-14)31-22(29)27-19-9-17(25)8-18(26)10-19/h5-10,12,20H,3-4,11H2,1-2H3,(H,27,29). The van der Waals surface area contributed by atoms with Gasteiger partial charge < -0.3 is 9.47 Å². The first-order chi connectivity index (χ1) is 14.5. The Morgan fingerprint density at radius 2 is 1.45 bits per heavy atom. The Labute approximate surface area is 201 Å². The molecule has 0 spiro atoms. The van der Waals surface area contributed by atoms with E-state index in [0.29, 0.717) is 36.9 Å². The fourth-order valence-electron chi connectivity index (χ4n) is 2.57. The van der Waals surface area contributed by atoms with E-state index in [-0.39, 0.29) is 18.9 Å². The molecule has 1 amide bonds. The molecule has 2 rings (SSSR count). The number of hydrogen-bond acceptors (Lipinski definition) is 4. The highest BCUT2D eigenvalue weighted by Gasteiger charge is 2.28. The molecule has 0 saturated heterocycles. The van der Waals surface area contributed by atoms with Crippen molar-refractivity contribution in [3.63, 3.8) is 0 Å². The zero-order chi connectivity index (χ0) is 23.1. The lowest BCUT2D eigenvalue weighted by Crippen LogP contribution is -2.34. The van der Waals surface area contributed by atoms with Gasteiger partial charge >= 0.3 is 12.1 Å². The molecular weight excluding hydrogens is 484 g/mol. The Morgan fingerprint density at radius 3 is 1.97 bits per heavy atom. The summed E-state index contributed by atoms with van der Waals surface area (Å²) in [5.74, 6) is -0.627. The highest BCUT2D eigenvalue weighted by atomic mass is 35.5. The van der Waals surface area contributed by atoms with Crippen molar-refractivity contribution in [1.29, 1.82) is 0 Å². The molecular formula is C22H21Cl4NO4. The van der Waals surface area contributed by atoms with Crippen LogP contribution in [0.25, 0.3) is 0 Å². The minimum atomic E-state index is -1.34. The van der Waals surface area contributed by atoms with Crippen LogP contribution in [0.5, 0.6) is 0 Å². The molecule has 0 radical (unpaired) electrons. The second-order valence-corrected chi connectivity index (χ2v) is 8.95. The van der Waals surface area contributed by atoms with Gasteiger partial charge in [0.1, 0.15) is 0 Å². The molecule has 31 heavy (non-hydrogen) atoms. The molecule has 1 atom stereocenters. The van der Waals surface area contributed by atoms with Gasteiger partial charge in [-0.15, -0.1) is 0 Å².